The largest absolute Gasteiger partial charge is 0.313 e. The molecule has 0 bridgehead atoms. The highest BCUT2D eigenvalue weighted by atomic mass is 19.1. The van der Waals surface area contributed by atoms with E-state index < -0.39 is 11.7 Å². The van der Waals surface area contributed by atoms with Gasteiger partial charge < -0.3 is 5.32 Å². The molecule has 5 heteroatoms. The SMILES string of the molecule is O=C(NO)c1cc(F)c2c(c1)CCCNC2. The summed E-state index contributed by atoms with van der Waals surface area (Å²) in [6.07, 6.45) is 1.66. The van der Waals surface area contributed by atoms with E-state index in [0.717, 1.165) is 31.0 Å². The number of nitrogens with one attached hydrogen (secondary N) is 2. The van der Waals surface area contributed by atoms with E-state index in [9.17, 15) is 9.18 Å². The highest BCUT2D eigenvalue weighted by Crippen LogP contribution is 2.20. The minimum atomic E-state index is -0.682. The van der Waals surface area contributed by atoms with Gasteiger partial charge in [-0.1, -0.05) is 0 Å². The molecule has 4 nitrogen and oxygen atoms in total. The number of rotatable bonds is 1. The fourth-order valence-electron chi connectivity index (χ4n) is 1.93. The Labute approximate surface area is 92.4 Å². The molecule has 1 aromatic carbocycles. The van der Waals surface area contributed by atoms with E-state index in [-0.39, 0.29) is 5.56 Å². The number of carbonyl (C=O) groups is 1. The smallest absolute Gasteiger partial charge is 0.274 e. The third kappa shape index (κ3) is 2.05. The van der Waals surface area contributed by atoms with Crippen LogP contribution < -0.4 is 10.8 Å². The Kier molecular flexibility index (Phi) is 3.17. The normalized spacial score (nSPS) is 15.1. The van der Waals surface area contributed by atoms with Crippen molar-refractivity contribution in [2.45, 2.75) is 19.4 Å². The van der Waals surface area contributed by atoms with Crippen molar-refractivity contribution >= 4 is 5.91 Å². The van der Waals surface area contributed by atoms with Crippen LogP contribution in [0.1, 0.15) is 27.9 Å². The van der Waals surface area contributed by atoms with Gasteiger partial charge in [-0.3, -0.25) is 10.0 Å². The first kappa shape index (κ1) is 11.0. The quantitative estimate of drug-likeness (QED) is 0.492. The molecule has 0 aliphatic carbocycles. The molecule has 2 rings (SSSR count). The van der Waals surface area contributed by atoms with Crippen molar-refractivity contribution in [3.8, 4) is 0 Å². The first-order valence-corrected chi connectivity index (χ1v) is 5.19. The van der Waals surface area contributed by atoms with Crippen LogP contribution in [0.3, 0.4) is 0 Å². The van der Waals surface area contributed by atoms with Crippen LogP contribution in [0.15, 0.2) is 12.1 Å². The summed E-state index contributed by atoms with van der Waals surface area (Å²) in [5, 5.41) is 11.6. The number of hydrogen-bond acceptors (Lipinski definition) is 3. The van der Waals surface area contributed by atoms with Gasteiger partial charge in [0.1, 0.15) is 5.82 Å². The van der Waals surface area contributed by atoms with Crippen molar-refractivity contribution < 1.29 is 14.4 Å². The highest BCUT2D eigenvalue weighted by Gasteiger charge is 2.16. The van der Waals surface area contributed by atoms with Crippen LogP contribution in [0.4, 0.5) is 4.39 Å². The summed E-state index contributed by atoms with van der Waals surface area (Å²) in [5.41, 5.74) is 3.12. The zero-order valence-electron chi connectivity index (χ0n) is 8.72. The Morgan fingerprint density at radius 3 is 3.06 bits per heavy atom. The molecule has 0 radical (unpaired) electrons. The Balaban J connectivity index is 2.43. The van der Waals surface area contributed by atoms with Gasteiger partial charge in [-0.15, -0.1) is 0 Å². The second-order valence-electron chi connectivity index (χ2n) is 3.82. The lowest BCUT2D eigenvalue weighted by Gasteiger charge is -2.09. The summed E-state index contributed by atoms with van der Waals surface area (Å²) in [7, 11) is 0. The summed E-state index contributed by atoms with van der Waals surface area (Å²) >= 11 is 0. The van der Waals surface area contributed by atoms with E-state index in [4.69, 9.17) is 5.21 Å². The fraction of sp³-hybridized carbons (Fsp3) is 0.364. The Morgan fingerprint density at radius 1 is 1.50 bits per heavy atom. The first-order valence-electron chi connectivity index (χ1n) is 5.19. The number of aryl methyl sites for hydroxylation is 1. The van der Waals surface area contributed by atoms with Crippen molar-refractivity contribution in [1.82, 2.24) is 10.8 Å². The zero-order chi connectivity index (χ0) is 11.5. The van der Waals surface area contributed by atoms with Crippen LogP contribution in [0.25, 0.3) is 0 Å². The van der Waals surface area contributed by atoms with Crippen molar-refractivity contribution in [3.63, 3.8) is 0 Å². The lowest BCUT2D eigenvalue weighted by molar-refractivity contribution is 0.0705. The van der Waals surface area contributed by atoms with Gasteiger partial charge in [-0.25, -0.2) is 9.87 Å². The average Bonchev–Trinajstić information content (AvgIpc) is 2.53. The minimum Gasteiger partial charge on any atom is -0.313 e. The van der Waals surface area contributed by atoms with E-state index in [1.165, 1.54) is 5.48 Å². The van der Waals surface area contributed by atoms with Crippen LogP contribution in [0.2, 0.25) is 0 Å². The van der Waals surface area contributed by atoms with Gasteiger partial charge in [-0.05, 0) is 37.1 Å². The monoisotopic (exact) mass is 224 g/mol. The number of hydroxylamine groups is 1. The second-order valence-corrected chi connectivity index (χ2v) is 3.82. The number of carbonyl (C=O) groups excluding carboxylic acids is 1. The Bertz CT molecular complexity index is 421. The van der Waals surface area contributed by atoms with Crippen LogP contribution in [0.5, 0.6) is 0 Å². The minimum absolute atomic E-state index is 0.153. The number of fused-ring (bicyclic) bond motifs is 1. The van der Waals surface area contributed by atoms with Crippen molar-refractivity contribution in [2.24, 2.45) is 0 Å². The van der Waals surface area contributed by atoms with E-state index in [2.05, 4.69) is 5.32 Å². The second kappa shape index (κ2) is 4.59. The van der Waals surface area contributed by atoms with E-state index in [1.54, 1.807) is 6.07 Å². The summed E-state index contributed by atoms with van der Waals surface area (Å²) in [4.78, 5) is 11.2. The van der Waals surface area contributed by atoms with Crippen LogP contribution >= 0.6 is 0 Å². The first-order chi connectivity index (χ1) is 7.72. The van der Waals surface area contributed by atoms with Gasteiger partial charge >= 0.3 is 0 Å². The van der Waals surface area contributed by atoms with E-state index >= 15 is 0 Å². The van der Waals surface area contributed by atoms with Gasteiger partial charge in [0.25, 0.3) is 5.91 Å². The van der Waals surface area contributed by atoms with E-state index in [1.807, 2.05) is 0 Å². The number of amides is 1. The molecule has 0 atom stereocenters. The average molecular weight is 224 g/mol. The summed E-state index contributed by atoms with van der Waals surface area (Å²) in [6.45, 7) is 1.33. The Morgan fingerprint density at radius 2 is 2.31 bits per heavy atom. The molecule has 0 fully saturated rings. The molecule has 0 spiro atoms. The number of benzene rings is 1. The highest BCUT2D eigenvalue weighted by molar-refractivity contribution is 5.93. The van der Waals surface area contributed by atoms with Gasteiger partial charge in [0.15, 0.2) is 0 Å². The maximum Gasteiger partial charge on any atom is 0.274 e. The number of hydrogen-bond donors (Lipinski definition) is 3. The van der Waals surface area contributed by atoms with Gasteiger partial charge in [0.05, 0.1) is 0 Å². The lowest BCUT2D eigenvalue weighted by atomic mass is 10.00. The molecule has 0 saturated carbocycles. The third-order valence-corrected chi connectivity index (χ3v) is 2.75. The molecule has 1 amide bonds. The van der Waals surface area contributed by atoms with Crippen LogP contribution in [0, 0.1) is 5.82 Å². The topological polar surface area (TPSA) is 61.4 Å². The Hall–Kier alpha value is -1.46. The fourth-order valence-corrected chi connectivity index (χ4v) is 1.93. The molecule has 86 valence electrons. The van der Waals surface area contributed by atoms with Gasteiger partial charge in [0, 0.05) is 17.7 Å². The maximum atomic E-state index is 13.7. The van der Waals surface area contributed by atoms with Crippen LogP contribution in [-0.4, -0.2) is 17.7 Å². The number of halogens is 1. The van der Waals surface area contributed by atoms with Crippen molar-refractivity contribution in [1.29, 1.82) is 0 Å². The predicted octanol–water partition coefficient (Wildman–Crippen LogP) is 0.981. The van der Waals surface area contributed by atoms with Gasteiger partial charge in [0.2, 0.25) is 0 Å². The molecule has 0 aromatic heterocycles. The molecule has 1 aromatic rings. The molecule has 0 unspecified atom stereocenters. The molecule has 3 N–H and O–H groups in total. The summed E-state index contributed by atoms with van der Waals surface area (Å²) in [6, 6.07) is 2.79. The summed E-state index contributed by atoms with van der Waals surface area (Å²) < 4.78 is 13.7. The third-order valence-electron chi connectivity index (χ3n) is 2.75. The molecule has 0 saturated heterocycles. The zero-order valence-corrected chi connectivity index (χ0v) is 8.72. The molecular weight excluding hydrogens is 211 g/mol. The molecular formula is C11H13FN2O2. The summed E-state index contributed by atoms with van der Waals surface area (Å²) in [5.74, 6) is -1.08. The molecule has 16 heavy (non-hydrogen) atoms. The lowest BCUT2D eigenvalue weighted by Crippen LogP contribution is -2.19. The molecule has 1 heterocycles. The van der Waals surface area contributed by atoms with Crippen molar-refractivity contribution in [2.75, 3.05) is 6.54 Å². The maximum absolute atomic E-state index is 13.7. The van der Waals surface area contributed by atoms with E-state index in [0.29, 0.717) is 12.1 Å². The molecule has 1 aliphatic rings. The van der Waals surface area contributed by atoms with Gasteiger partial charge in [-0.2, -0.15) is 0 Å². The molecule has 1 aliphatic heterocycles. The van der Waals surface area contributed by atoms with Crippen LogP contribution in [-0.2, 0) is 13.0 Å². The van der Waals surface area contributed by atoms with Crippen molar-refractivity contribution in [3.05, 3.63) is 34.6 Å². The standard InChI is InChI=1S/C11H13FN2O2/c12-10-5-8(11(15)14-16)4-7-2-1-3-13-6-9(7)10/h4-5,13,16H,1-3,6H2,(H,14,15). The predicted molar refractivity (Wildman–Crippen MR) is 55.7 cm³/mol.